The zero-order chi connectivity index (χ0) is 14.1. The van der Waals surface area contributed by atoms with Crippen LogP contribution in [-0.2, 0) is 0 Å². The molecule has 2 N–H and O–H groups in total. The molecule has 1 heterocycles. The van der Waals surface area contributed by atoms with Gasteiger partial charge in [-0.05, 0) is 24.3 Å². The van der Waals surface area contributed by atoms with Gasteiger partial charge in [0.05, 0.1) is 11.8 Å². The molecule has 0 spiro atoms. The second kappa shape index (κ2) is 5.13. The Balaban J connectivity index is 1.86. The lowest BCUT2D eigenvalue weighted by molar-refractivity contribution is 0.474. The topological polar surface area (TPSA) is 44.6 Å². The van der Waals surface area contributed by atoms with E-state index in [-0.39, 0.29) is 17.6 Å². The first-order valence-corrected chi connectivity index (χ1v) is 6.58. The Morgan fingerprint density at radius 3 is 2.85 bits per heavy atom. The summed E-state index contributed by atoms with van der Waals surface area (Å²) in [5, 5.41) is 14.6. The van der Waals surface area contributed by atoms with Crippen LogP contribution in [0.5, 0.6) is 5.75 Å². The van der Waals surface area contributed by atoms with Crippen molar-refractivity contribution in [1.29, 1.82) is 0 Å². The maximum atomic E-state index is 13.8. The average molecular weight is 291 g/mol. The van der Waals surface area contributed by atoms with E-state index in [0.29, 0.717) is 28.3 Å². The second-order valence-electron chi connectivity index (χ2n) is 4.63. The lowest BCUT2D eigenvalue weighted by Crippen LogP contribution is -2.11. The van der Waals surface area contributed by atoms with Gasteiger partial charge in [0.2, 0.25) is 0 Å². The lowest BCUT2D eigenvalue weighted by Gasteiger charge is -2.11. The Morgan fingerprint density at radius 1 is 1.25 bits per heavy atom. The van der Waals surface area contributed by atoms with Crippen LogP contribution in [0, 0.1) is 5.82 Å². The van der Waals surface area contributed by atoms with Gasteiger partial charge in [0.25, 0.3) is 0 Å². The summed E-state index contributed by atoms with van der Waals surface area (Å²) in [5.74, 6) is -0.152. The molecule has 102 valence electrons. The molecule has 0 amide bonds. The summed E-state index contributed by atoms with van der Waals surface area (Å²) in [7, 11) is 0. The maximum absolute atomic E-state index is 13.8. The molecule has 0 aromatic heterocycles. The first kappa shape index (κ1) is 12.9. The SMILES string of the molecule is Oc1ccc(Cl)cc1C1=NN[C@@H](c2ccccc2F)C1. The van der Waals surface area contributed by atoms with Gasteiger partial charge in [0.15, 0.2) is 0 Å². The van der Waals surface area contributed by atoms with Crippen molar-refractivity contribution in [3.63, 3.8) is 0 Å². The second-order valence-corrected chi connectivity index (χ2v) is 5.06. The number of benzene rings is 2. The van der Waals surface area contributed by atoms with Crippen LogP contribution < -0.4 is 5.43 Å². The largest absolute Gasteiger partial charge is 0.507 e. The van der Waals surface area contributed by atoms with Gasteiger partial charge in [-0.15, -0.1) is 0 Å². The summed E-state index contributed by atoms with van der Waals surface area (Å²) in [4.78, 5) is 0. The monoisotopic (exact) mass is 290 g/mol. The van der Waals surface area contributed by atoms with Crippen molar-refractivity contribution in [3.05, 3.63) is 64.4 Å². The molecule has 0 aliphatic carbocycles. The van der Waals surface area contributed by atoms with E-state index in [2.05, 4.69) is 10.5 Å². The Hall–Kier alpha value is -2.07. The molecule has 1 aliphatic heterocycles. The minimum atomic E-state index is -0.267. The number of rotatable bonds is 2. The highest BCUT2D eigenvalue weighted by Crippen LogP contribution is 2.30. The molecule has 0 saturated carbocycles. The van der Waals surface area contributed by atoms with Crippen molar-refractivity contribution in [2.24, 2.45) is 5.10 Å². The third-order valence-electron chi connectivity index (χ3n) is 3.30. The van der Waals surface area contributed by atoms with E-state index in [9.17, 15) is 9.50 Å². The summed E-state index contributed by atoms with van der Waals surface area (Å²) in [6, 6.07) is 11.1. The van der Waals surface area contributed by atoms with E-state index in [1.54, 1.807) is 30.3 Å². The number of phenolic OH excluding ortho intramolecular Hbond substituents is 1. The number of hydrogen-bond donors (Lipinski definition) is 2. The van der Waals surface area contributed by atoms with Crippen molar-refractivity contribution in [2.45, 2.75) is 12.5 Å². The first-order chi connectivity index (χ1) is 9.65. The van der Waals surface area contributed by atoms with E-state index < -0.39 is 0 Å². The van der Waals surface area contributed by atoms with Gasteiger partial charge in [-0.2, -0.15) is 5.10 Å². The predicted molar refractivity (Wildman–Crippen MR) is 76.5 cm³/mol. The van der Waals surface area contributed by atoms with Crippen LogP contribution >= 0.6 is 11.6 Å². The Morgan fingerprint density at radius 2 is 2.05 bits per heavy atom. The lowest BCUT2D eigenvalue weighted by atomic mass is 9.98. The molecule has 0 fully saturated rings. The smallest absolute Gasteiger partial charge is 0.128 e. The highest BCUT2D eigenvalue weighted by molar-refractivity contribution is 6.31. The normalized spacial score (nSPS) is 17.7. The van der Waals surface area contributed by atoms with E-state index in [0.717, 1.165) is 0 Å². The molecule has 5 heteroatoms. The third kappa shape index (κ3) is 2.34. The number of aromatic hydroxyl groups is 1. The van der Waals surface area contributed by atoms with Crippen LogP contribution in [0.15, 0.2) is 47.6 Å². The van der Waals surface area contributed by atoms with E-state index in [1.165, 1.54) is 12.1 Å². The molecular weight excluding hydrogens is 279 g/mol. The summed E-state index contributed by atoms with van der Waals surface area (Å²) in [6.45, 7) is 0. The van der Waals surface area contributed by atoms with Crippen molar-refractivity contribution in [3.8, 4) is 5.75 Å². The van der Waals surface area contributed by atoms with Crippen LogP contribution in [0.3, 0.4) is 0 Å². The molecule has 2 aromatic rings. The minimum Gasteiger partial charge on any atom is -0.507 e. The summed E-state index contributed by atoms with van der Waals surface area (Å²) in [6.07, 6.45) is 0.495. The van der Waals surface area contributed by atoms with Gasteiger partial charge >= 0.3 is 0 Å². The Kier molecular flexibility index (Phi) is 3.32. The highest BCUT2D eigenvalue weighted by atomic mass is 35.5. The fourth-order valence-corrected chi connectivity index (χ4v) is 2.46. The van der Waals surface area contributed by atoms with Crippen LogP contribution in [0.2, 0.25) is 5.02 Å². The van der Waals surface area contributed by atoms with Crippen LogP contribution in [0.1, 0.15) is 23.6 Å². The first-order valence-electron chi connectivity index (χ1n) is 6.20. The quantitative estimate of drug-likeness (QED) is 0.887. The predicted octanol–water partition coefficient (Wildman–Crippen LogP) is 3.62. The average Bonchev–Trinajstić information content (AvgIpc) is 2.91. The fourth-order valence-electron chi connectivity index (χ4n) is 2.29. The standard InChI is InChI=1S/C15H12ClFN2O/c16-9-5-6-15(20)11(7-9)14-8-13(18-19-14)10-3-1-2-4-12(10)17/h1-7,13,18,20H,8H2/t13-/m1/s1. The fraction of sp³-hybridized carbons (Fsp3) is 0.133. The number of hydrogen-bond acceptors (Lipinski definition) is 3. The zero-order valence-corrected chi connectivity index (χ0v) is 11.2. The van der Waals surface area contributed by atoms with Crippen molar-refractivity contribution in [2.75, 3.05) is 0 Å². The molecule has 0 radical (unpaired) electrons. The Bertz CT molecular complexity index is 687. The molecule has 2 aromatic carbocycles. The van der Waals surface area contributed by atoms with E-state index in [4.69, 9.17) is 11.6 Å². The molecule has 0 saturated heterocycles. The molecule has 3 nitrogen and oxygen atoms in total. The number of halogens is 2. The molecule has 3 rings (SSSR count). The zero-order valence-electron chi connectivity index (χ0n) is 10.5. The maximum Gasteiger partial charge on any atom is 0.128 e. The van der Waals surface area contributed by atoms with Gasteiger partial charge in [0, 0.05) is 22.6 Å². The number of phenols is 1. The number of hydrazone groups is 1. The Labute approximate surface area is 120 Å². The van der Waals surface area contributed by atoms with Gasteiger partial charge < -0.3 is 10.5 Å². The van der Waals surface area contributed by atoms with Gasteiger partial charge in [-0.3, -0.25) is 0 Å². The molecule has 20 heavy (non-hydrogen) atoms. The molecule has 0 unspecified atom stereocenters. The molecule has 0 bridgehead atoms. The number of nitrogens with one attached hydrogen (secondary N) is 1. The third-order valence-corrected chi connectivity index (χ3v) is 3.54. The van der Waals surface area contributed by atoms with Gasteiger partial charge in [-0.1, -0.05) is 29.8 Å². The van der Waals surface area contributed by atoms with Crippen molar-refractivity contribution < 1.29 is 9.50 Å². The van der Waals surface area contributed by atoms with Crippen LogP contribution in [-0.4, -0.2) is 10.8 Å². The number of nitrogens with zero attached hydrogens (tertiary/aromatic N) is 1. The van der Waals surface area contributed by atoms with Crippen LogP contribution in [0.4, 0.5) is 4.39 Å². The summed E-state index contributed by atoms with van der Waals surface area (Å²) >= 11 is 5.93. The van der Waals surface area contributed by atoms with Gasteiger partial charge in [0.1, 0.15) is 11.6 Å². The summed E-state index contributed by atoms with van der Waals surface area (Å²) in [5.41, 5.74) is 4.70. The van der Waals surface area contributed by atoms with Gasteiger partial charge in [-0.25, -0.2) is 4.39 Å². The molecule has 1 aliphatic rings. The highest BCUT2D eigenvalue weighted by Gasteiger charge is 2.24. The molecule has 1 atom stereocenters. The van der Waals surface area contributed by atoms with Crippen LogP contribution in [0.25, 0.3) is 0 Å². The van der Waals surface area contributed by atoms with E-state index in [1.807, 2.05) is 0 Å². The minimum absolute atomic E-state index is 0.115. The molecular formula is C15H12ClFN2O. The van der Waals surface area contributed by atoms with Crippen molar-refractivity contribution in [1.82, 2.24) is 5.43 Å². The summed E-state index contributed by atoms with van der Waals surface area (Å²) < 4.78 is 13.8. The van der Waals surface area contributed by atoms with Crippen molar-refractivity contribution >= 4 is 17.3 Å². The van der Waals surface area contributed by atoms with E-state index >= 15 is 0 Å².